The molecule has 0 radical (unpaired) electrons. The monoisotopic (exact) mass is 361 g/mol. The second-order valence-electron chi connectivity index (χ2n) is 4.43. The average molecular weight is 362 g/mol. The summed E-state index contributed by atoms with van der Waals surface area (Å²) in [5, 5.41) is 0.206. The molecule has 0 fully saturated rings. The van der Waals surface area contributed by atoms with Crippen LogP contribution in [-0.4, -0.2) is 24.1 Å². The van der Waals surface area contributed by atoms with Gasteiger partial charge in [0, 0.05) is 10.5 Å². The lowest BCUT2D eigenvalue weighted by atomic mass is 10.0. The van der Waals surface area contributed by atoms with Crippen molar-refractivity contribution in [3.05, 3.63) is 52.2 Å². The molecule has 122 valence electrons. The largest absolute Gasteiger partial charge is 0.480 e. The Balaban J connectivity index is 2.48. The van der Waals surface area contributed by atoms with Crippen molar-refractivity contribution in [1.29, 1.82) is 0 Å². The van der Waals surface area contributed by atoms with Crippen LogP contribution < -0.4 is 4.74 Å². The number of hydrogen-bond acceptors (Lipinski definition) is 4. The van der Waals surface area contributed by atoms with Crippen molar-refractivity contribution in [2.24, 2.45) is 0 Å². The minimum Gasteiger partial charge on any atom is -0.480 e. The van der Waals surface area contributed by atoms with Gasteiger partial charge in [-0.15, -0.1) is 11.8 Å². The van der Waals surface area contributed by atoms with Gasteiger partial charge in [-0.1, -0.05) is 11.6 Å². The highest BCUT2D eigenvalue weighted by atomic mass is 35.5. The lowest BCUT2D eigenvalue weighted by Crippen LogP contribution is -2.11. The summed E-state index contributed by atoms with van der Waals surface area (Å²) in [5.74, 6) is -0.604. The van der Waals surface area contributed by atoms with E-state index in [0.717, 1.165) is 17.8 Å². The van der Waals surface area contributed by atoms with Crippen molar-refractivity contribution in [2.45, 2.75) is 11.1 Å². The minimum atomic E-state index is -4.54. The molecule has 0 aliphatic heterocycles. The van der Waals surface area contributed by atoms with Crippen LogP contribution in [0.1, 0.15) is 21.6 Å². The van der Waals surface area contributed by atoms with Gasteiger partial charge in [-0.05, 0) is 36.6 Å². The number of hydrogen-bond donors (Lipinski definition) is 0. The molecule has 1 heterocycles. The number of alkyl halides is 3. The highest BCUT2D eigenvalue weighted by molar-refractivity contribution is 7.98. The van der Waals surface area contributed by atoms with Gasteiger partial charge in [0.05, 0.1) is 12.7 Å². The maximum absolute atomic E-state index is 13.1. The van der Waals surface area contributed by atoms with Crippen LogP contribution in [0.2, 0.25) is 5.02 Å². The standard InChI is InChI=1S/C15H11ClF3NO2S/c1-22-14-10(16)4-5-11(20-14)13(21)8-3-6-12(23-2)9(7-8)15(17,18)19/h3-7H,1-2H3. The number of aromatic nitrogens is 1. The molecule has 0 saturated heterocycles. The molecule has 0 atom stereocenters. The Morgan fingerprint density at radius 1 is 1.26 bits per heavy atom. The molecule has 0 amide bonds. The van der Waals surface area contributed by atoms with E-state index >= 15 is 0 Å². The lowest BCUT2D eigenvalue weighted by molar-refractivity contribution is -0.139. The molecule has 1 aromatic carbocycles. The number of ketones is 1. The molecule has 0 aliphatic rings. The van der Waals surface area contributed by atoms with E-state index in [9.17, 15) is 18.0 Å². The summed E-state index contributed by atoms with van der Waals surface area (Å²) in [7, 11) is 1.33. The molecule has 1 aromatic heterocycles. The summed E-state index contributed by atoms with van der Waals surface area (Å²) in [5.41, 5.74) is -1.000. The third-order valence-electron chi connectivity index (χ3n) is 3.01. The number of thioether (sulfide) groups is 1. The number of benzene rings is 1. The quantitative estimate of drug-likeness (QED) is 0.583. The molecule has 0 spiro atoms. The number of ether oxygens (including phenoxy) is 1. The summed E-state index contributed by atoms with van der Waals surface area (Å²) in [4.78, 5) is 16.3. The van der Waals surface area contributed by atoms with Gasteiger partial charge in [0.2, 0.25) is 11.7 Å². The molecule has 8 heteroatoms. The van der Waals surface area contributed by atoms with Crippen LogP contribution in [0.5, 0.6) is 5.88 Å². The number of carbonyl (C=O) groups is 1. The number of nitrogens with zero attached hydrogens (tertiary/aromatic N) is 1. The summed E-state index contributed by atoms with van der Waals surface area (Å²) in [6.07, 6.45) is -3.00. The number of rotatable bonds is 4. The molecular weight excluding hydrogens is 351 g/mol. The Hall–Kier alpha value is -1.73. The fourth-order valence-corrected chi connectivity index (χ4v) is 2.69. The molecule has 0 aliphatic carbocycles. The molecule has 0 N–H and O–H groups in total. The summed E-state index contributed by atoms with van der Waals surface area (Å²) >= 11 is 6.78. The van der Waals surface area contributed by atoms with E-state index < -0.39 is 17.5 Å². The smallest absolute Gasteiger partial charge is 0.417 e. The normalized spacial score (nSPS) is 11.4. The third-order valence-corrected chi connectivity index (χ3v) is 4.09. The van der Waals surface area contributed by atoms with E-state index in [1.54, 1.807) is 0 Å². The Morgan fingerprint density at radius 2 is 1.96 bits per heavy atom. The van der Waals surface area contributed by atoms with E-state index in [2.05, 4.69) is 4.98 Å². The van der Waals surface area contributed by atoms with Gasteiger partial charge < -0.3 is 4.74 Å². The highest BCUT2D eigenvalue weighted by Gasteiger charge is 2.34. The predicted molar refractivity (Wildman–Crippen MR) is 82.5 cm³/mol. The Bertz CT molecular complexity index is 750. The van der Waals surface area contributed by atoms with Crippen molar-refractivity contribution < 1.29 is 22.7 Å². The van der Waals surface area contributed by atoms with Gasteiger partial charge in [-0.2, -0.15) is 13.2 Å². The van der Waals surface area contributed by atoms with Crippen LogP contribution in [0.25, 0.3) is 0 Å². The SMILES string of the molecule is COc1nc(C(=O)c2ccc(SC)c(C(F)(F)F)c2)ccc1Cl. The van der Waals surface area contributed by atoms with Crippen LogP contribution in [0, 0.1) is 0 Å². The maximum atomic E-state index is 13.1. The molecule has 0 unspecified atom stereocenters. The summed E-state index contributed by atoms with van der Waals surface area (Å²) in [6, 6.07) is 6.18. The Labute approximate surface area is 139 Å². The molecule has 2 rings (SSSR count). The third kappa shape index (κ3) is 3.79. The van der Waals surface area contributed by atoms with Gasteiger partial charge in [0.1, 0.15) is 10.7 Å². The second-order valence-corrected chi connectivity index (χ2v) is 5.68. The number of halogens is 4. The van der Waals surface area contributed by atoms with Crippen LogP contribution in [-0.2, 0) is 6.18 Å². The molecular formula is C15H11ClF3NO2S. The van der Waals surface area contributed by atoms with Crippen LogP contribution in [0.3, 0.4) is 0 Å². The van der Waals surface area contributed by atoms with Crippen LogP contribution in [0.4, 0.5) is 13.2 Å². The first-order chi connectivity index (χ1) is 10.8. The van der Waals surface area contributed by atoms with Crippen molar-refractivity contribution in [3.8, 4) is 5.88 Å². The molecule has 0 bridgehead atoms. The predicted octanol–water partition coefficient (Wildman–Crippen LogP) is 4.72. The zero-order valence-corrected chi connectivity index (χ0v) is 13.6. The first-order valence-electron chi connectivity index (χ1n) is 6.28. The molecule has 3 nitrogen and oxygen atoms in total. The van der Waals surface area contributed by atoms with Crippen molar-refractivity contribution in [1.82, 2.24) is 4.98 Å². The lowest BCUT2D eigenvalue weighted by Gasteiger charge is -2.13. The van der Waals surface area contributed by atoms with Crippen LogP contribution >= 0.6 is 23.4 Å². The van der Waals surface area contributed by atoms with E-state index in [1.165, 1.54) is 37.6 Å². The van der Waals surface area contributed by atoms with Gasteiger partial charge >= 0.3 is 6.18 Å². The second kappa shape index (κ2) is 6.80. The maximum Gasteiger partial charge on any atom is 0.417 e. The van der Waals surface area contributed by atoms with Gasteiger partial charge in [-0.3, -0.25) is 4.79 Å². The van der Waals surface area contributed by atoms with E-state index in [0.29, 0.717) is 0 Å². The van der Waals surface area contributed by atoms with E-state index in [1.807, 2.05) is 0 Å². The average Bonchev–Trinajstić information content (AvgIpc) is 2.53. The Morgan fingerprint density at radius 3 is 2.52 bits per heavy atom. The molecule has 2 aromatic rings. The summed E-state index contributed by atoms with van der Waals surface area (Å²) in [6.45, 7) is 0. The fourth-order valence-electron chi connectivity index (χ4n) is 1.91. The van der Waals surface area contributed by atoms with Crippen molar-refractivity contribution >= 4 is 29.1 Å². The number of methoxy groups -OCH3 is 1. The first-order valence-corrected chi connectivity index (χ1v) is 7.88. The van der Waals surface area contributed by atoms with Crippen LogP contribution in [0.15, 0.2) is 35.2 Å². The highest BCUT2D eigenvalue weighted by Crippen LogP contribution is 2.37. The van der Waals surface area contributed by atoms with Crippen molar-refractivity contribution in [3.63, 3.8) is 0 Å². The zero-order chi connectivity index (χ0) is 17.2. The zero-order valence-electron chi connectivity index (χ0n) is 12.1. The molecule has 0 saturated carbocycles. The van der Waals surface area contributed by atoms with Gasteiger partial charge in [-0.25, -0.2) is 4.98 Å². The number of carbonyl (C=O) groups excluding carboxylic acids is 1. The topological polar surface area (TPSA) is 39.2 Å². The van der Waals surface area contributed by atoms with Crippen molar-refractivity contribution in [2.75, 3.05) is 13.4 Å². The molecule has 23 heavy (non-hydrogen) atoms. The van der Waals surface area contributed by atoms with Gasteiger partial charge in [0.15, 0.2) is 0 Å². The van der Waals surface area contributed by atoms with E-state index in [-0.39, 0.29) is 27.1 Å². The summed E-state index contributed by atoms with van der Waals surface area (Å²) < 4.78 is 44.1. The fraction of sp³-hybridized carbons (Fsp3) is 0.200. The first kappa shape index (κ1) is 17.6. The Kier molecular flexibility index (Phi) is 5.21. The minimum absolute atomic E-state index is 0.0364. The van der Waals surface area contributed by atoms with Gasteiger partial charge in [0.25, 0.3) is 0 Å². The number of pyridine rings is 1. The van der Waals surface area contributed by atoms with E-state index in [4.69, 9.17) is 16.3 Å².